The highest BCUT2D eigenvalue weighted by atomic mass is 19.1. The van der Waals surface area contributed by atoms with Gasteiger partial charge in [-0.25, -0.2) is 18.6 Å². The minimum absolute atomic E-state index is 0.187. The standard InChI is InChI=1S/C17H17F2N3O2/c1-2-24-17(23)11-8-15-16(21-9-11)20-5-6-22(15)10-12-7-13(18)3-4-14(12)19/h3-4,7-9H,2,5-6,10H2,1H3,(H,20,21). The van der Waals surface area contributed by atoms with Crippen molar-refractivity contribution in [3.8, 4) is 0 Å². The van der Waals surface area contributed by atoms with E-state index in [-0.39, 0.29) is 18.7 Å². The molecule has 0 spiro atoms. The van der Waals surface area contributed by atoms with Gasteiger partial charge in [-0.15, -0.1) is 0 Å². The first-order valence-electron chi connectivity index (χ1n) is 7.68. The molecule has 1 N–H and O–H groups in total. The number of aromatic nitrogens is 1. The van der Waals surface area contributed by atoms with Gasteiger partial charge in [-0.05, 0) is 31.2 Å². The summed E-state index contributed by atoms with van der Waals surface area (Å²) in [5.74, 6) is -0.812. The Morgan fingerprint density at radius 3 is 3.00 bits per heavy atom. The van der Waals surface area contributed by atoms with Gasteiger partial charge in [-0.3, -0.25) is 0 Å². The summed E-state index contributed by atoms with van der Waals surface area (Å²) >= 11 is 0. The minimum atomic E-state index is -0.486. The highest BCUT2D eigenvalue weighted by Gasteiger charge is 2.21. The van der Waals surface area contributed by atoms with Gasteiger partial charge in [0.25, 0.3) is 0 Å². The van der Waals surface area contributed by atoms with E-state index in [4.69, 9.17) is 4.74 Å². The highest BCUT2D eigenvalue weighted by molar-refractivity contribution is 5.91. The van der Waals surface area contributed by atoms with E-state index in [1.54, 1.807) is 13.0 Å². The van der Waals surface area contributed by atoms with Crippen LogP contribution in [-0.4, -0.2) is 30.6 Å². The Hall–Kier alpha value is -2.70. The molecule has 2 aromatic rings. The zero-order valence-corrected chi connectivity index (χ0v) is 13.2. The molecule has 1 aromatic carbocycles. The van der Waals surface area contributed by atoms with Crippen LogP contribution < -0.4 is 10.2 Å². The van der Waals surface area contributed by atoms with Gasteiger partial charge >= 0.3 is 5.97 Å². The van der Waals surface area contributed by atoms with Crippen LogP contribution >= 0.6 is 0 Å². The largest absolute Gasteiger partial charge is 0.462 e. The minimum Gasteiger partial charge on any atom is -0.462 e. The van der Waals surface area contributed by atoms with E-state index in [1.807, 2.05) is 4.90 Å². The number of rotatable bonds is 4. The number of halogens is 2. The molecule has 0 aliphatic carbocycles. The molecule has 0 bridgehead atoms. The Labute approximate surface area is 138 Å². The summed E-state index contributed by atoms with van der Waals surface area (Å²) in [5.41, 5.74) is 1.24. The van der Waals surface area contributed by atoms with E-state index in [2.05, 4.69) is 10.3 Å². The molecule has 0 fully saturated rings. The molecule has 0 unspecified atom stereocenters. The Bertz CT molecular complexity index is 767. The first-order chi connectivity index (χ1) is 11.6. The Morgan fingerprint density at radius 2 is 2.21 bits per heavy atom. The molecule has 3 rings (SSSR count). The molecule has 1 aliphatic heterocycles. The number of nitrogens with zero attached hydrogens (tertiary/aromatic N) is 2. The van der Waals surface area contributed by atoms with Crippen molar-refractivity contribution in [2.45, 2.75) is 13.5 Å². The molecular weight excluding hydrogens is 316 g/mol. The predicted octanol–water partition coefficient (Wildman–Crippen LogP) is 2.97. The molecular formula is C17H17F2N3O2. The molecule has 0 amide bonds. The number of carbonyl (C=O) groups is 1. The Kier molecular flexibility index (Phi) is 4.59. The maximum atomic E-state index is 13.9. The van der Waals surface area contributed by atoms with Crippen molar-refractivity contribution >= 4 is 17.5 Å². The van der Waals surface area contributed by atoms with Gasteiger partial charge in [-0.1, -0.05) is 0 Å². The van der Waals surface area contributed by atoms with Crippen LogP contribution in [0.2, 0.25) is 0 Å². The number of benzene rings is 1. The van der Waals surface area contributed by atoms with E-state index in [9.17, 15) is 13.6 Å². The normalized spacial score (nSPS) is 13.2. The number of nitrogens with one attached hydrogen (secondary N) is 1. The summed E-state index contributed by atoms with van der Waals surface area (Å²) < 4.78 is 32.3. The summed E-state index contributed by atoms with van der Waals surface area (Å²) in [4.78, 5) is 18.0. The molecule has 1 aliphatic rings. The predicted molar refractivity (Wildman–Crippen MR) is 86.1 cm³/mol. The SMILES string of the molecule is CCOC(=O)c1cnc2c(c1)N(Cc1cc(F)ccc1F)CCN2. The van der Waals surface area contributed by atoms with E-state index in [0.717, 1.165) is 12.1 Å². The van der Waals surface area contributed by atoms with Crippen LogP contribution in [0.15, 0.2) is 30.5 Å². The lowest BCUT2D eigenvalue weighted by molar-refractivity contribution is 0.0526. The third-order valence-corrected chi connectivity index (χ3v) is 3.76. The number of pyridine rings is 1. The topological polar surface area (TPSA) is 54.5 Å². The number of fused-ring (bicyclic) bond motifs is 1. The fourth-order valence-electron chi connectivity index (χ4n) is 2.62. The molecule has 5 nitrogen and oxygen atoms in total. The van der Waals surface area contributed by atoms with Crippen LogP contribution in [0.25, 0.3) is 0 Å². The lowest BCUT2D eigenvalue weighted by atomic mass is 10.1. The van der Waals surface area contributed by atoms with Crippen molar-refractivity contribution in [1.82, 2.24) is 4.98 Å². The lowest BCUT2D eigenvalue weighted by Gasteiger charge is -2.31. The van der Waals surface area contributed by atoms with Crippen molar-refractivity contribution in [2.24, 2.45) is 0 Å². The maximum absolute atomic E-state index is 13.9. The van der Waals surface area contributed by atoms with Crippen LogP contribution in [0.5, 0.6) is 0 Å². The molecule has 126 valence electrons. The first-order valence-corrected chi connectivity index (χ1v) is 7.68. The third-order valence-electron chi connectivity index (χ3n) is 3.76. The van der Waals surface area contributed by atoms with Crippen LogP contribution in [0.1, 0.15) is 22.8 Å². The average Bonchev–Trinajstić information content (AvgIpc) is 2.58. The van der Waals surface area contributed by atoms with Crippen molar-refractivity contribution in [3.63, 3.8) is 0 Å². The van der Waals surface area contributed by atoms with Crippen molar-refractivity contribution < 1.29 is 18.3 Å². The molecule has 1 aromatic heterocycles. The monoisotopic (exact) mass is 333 g/mol. The Morgan fingerprint density at radius 1 is 1.38 bits per heavy atom. The second-order valence-corrected chi connectivity index (χ2v) is 5.40. The third kappa shape index (κ3) is 3.29. The van der Waals surface area contributed by atoms with Crippen LogP contribution in [0.4, 0.5) is 20.3 Å². The molecule has 0 atom stereocenters. The van der Waals surface area contributed by atoms with Gasteiger partial charge in [0, 0.05) is 31.4 Å². The summed E-state index contributed by atoms with van der Waals surface area (Å²) in [6, 6.07) is 5.04. The number of carbonyl (C=O) groups excluding carboxylic acids is 1. The fraction of sp³-hybridized carbons (Fsp3) is 0.294. The van der Waals surface area contributed by atoms with Crippen molar-refractivity contribution in [2.75, 3.05) is 29.9 Å². The molecule has 0 saturated heterocycles. The Balaban J connectivity index is 1.91. The zero-order valence-electron chi connectivity index (χ0n) is 13.2. The maximum Gasteiger partial charge on any atom is 0.339 e. The second-order valence-electron chi connectivity index (χ2n) is 5.40. The first kappa shape index (κ1) is 16.2. The zero-order chi connectivity index (χ0) is 17.1. The molecule has 2 heterocycles. The van der Waals surface area contributed by atoms with Gasteiger partial charge in [0.1, 0.15) is 17.5 Å². The quantitative estimate of drug-likeness (QED) is 0.872. The second kappa shape index (κ2) is 6.82. The smallest absolute Gasteiger partial charge is 0.339 e. The number of ether oxygens (including phenoxy) is 1. The summed E-state index contributed by atoms with van der Waals surface area (Å²) in [6.07, 6.45) is 1.44. The fourth-order valence-corrected chi connectivity index (χ4v) is 2.62. The molecule has 24 heavy (non-hydrogen) atoms. The number of esters is 1. The van der Waals surface area contributed by atoms with E-state index in [1.165, 1.54) is 12.3 Å². The van der Waals surface area contributed by atoms with Gasteiger partial charge in [0.2, 0.25) is 0 Å². The molecule has 0 saturated carbocycles. The average molecular weight is 333 g/mol. The number of hydrogen-bond acceptors (Lipinski definition) is 5. The molecule has 0 radical (unpaired) electrons. The molecule has 7 heteroatoms. The summed E-state index contributed by atoms with van der Waals surface area (Å²) in [5, 5.41) is 3.13. The van der Waals surface area contributed by atoms with Crippen LogP contribution in [-0.2, 0) is 11.3 Å². The van der Waals surface area contributed by atoms with Crippen LogP contribution in [0, 0.1) is 11.6 Å². The summed E-state index contributed by atoms with van der Waals surface area (Å²) in [7, 11) is 0. The van der Waals surface area contributed by atoms with E-state index < -0.39 is 17.6 Å². The van der Waals surface area contributed by atoms with Gasteiger partial charge in [0.05, 0.1) is 17.9 Å². The van der Waals surface area contributed by atoms with Gasteiger partial charge in [-0.2, -0.15) is 0 Å². The van der Waals surface area contributed by atoms with Crippen molar-refractivity contribution in [3.05, 3.63) is 53.2 Å². The van der Waals surface area contributed by atoms with E-state index in [0.29, 0.717) is 30.2 Å². The highest BCUT2D eigenvalue weighted by Crippen LogP contribution is 2.30. The number of anilines is 2. The van der Waals surface area contributed by atoms with Crippen molar-refractivity contribution in [1.29, 1.82) is 0 Å². The van der Waals surface area contributed by atoms with Crippen LogP contribution in [0.3, 0.4) is 0 Å². The van der Waals surface area contributed by atoms with E-state index >= 15 is 0 Å². The lowest BCUT2D eigenvalue weighted by Crippen LogP contribution is -2.34. The summed E-state index contributed by atoms with van der Waals surface area (Å²) in [6.45, 7) is 3.38. The number of hydrogen-bond donors (Lipinski definition) is 1. The van der Waals surface area contributed by atoms with Gasteiger partial charge in [0.15, 0.2) is 0 Å². The van der Waals surface area contributed by atoms with Gasteiger partial charge < -0.3 is 15.0 Å².